The van der Waals surface area contributed by atoms with Gasteiger partial charge in [0.25, 0.3) is 5.91 Å². The second kappa shape index (κ2) is 5.63. The summed E-state index contributed by atoms with van der Waals surface area (Å²) in [5, 5.41) is 2.87. The van der Waals surface area contributed by atoms with Crippen LogP contribution in [-0.2, 0) is 12.8 Å². The first-order chi connectivity index (χ1) is 9.76. The fourth-order valence-electron chi connectivity index (χ4n) is 2.37. The van der Waals surface area contributed by atoms with E-state index in [1.54, 1.807) is 36.8 Å². The fraction of sp³-hybridized carbons (Fsp3) is 0.333. The monoisotopic (exact) mass is 288 g/mol. The van der Waals surface area contributed by atoms with Crippen LogP contribution >= 0.6 is 11.3 Å². The van der Waals surface area contributed by atoms with Gasteiger partial charge in [-0.05, 0) is 43.4 Å². The van der Waals surface area contributed by atoms with E-state index in [4.69, 9.17) is 4.74 Å². The minimum atomic E-state index is -0.0589. The summed E-state index contributed by atoms with van der Waals surface area (Å²) in [5.41, 5.74) is 2.03. The molecule has 0 atom stereocenters. The van der Waals surface area contributed by atoms with Crippen molar-refractivity contribution in [1.82, 2.24) is 4.98 Å². The summed E-state index contributed by atoms with van der Waals surface area (Å²) < 4.78 is 4.99. The quantitative estimate of drug-likeness (QED) is 0.943. The van der Waals surface area contributed by atoms with Crippen molar-refractivity contribution in [1.29, 1.82) is 0 Å². The summed E-state index contributed by atoms with van der Waals surface area (Å²) in [6.07, 6.45) is 6.27. The molecule has 0 fully saturated rings. The largest absolute Gasteiger partial charge is 0.481 e. The molecule has 20 heavy (non-hydrogen) atoms. The predicted molar refractivity (Wildman–Crippen MR) is 79.7 cm³/mol. The molecule has 2 aromatic heterocycles. The summed E-state index contributed by atoms with van der Waals surface area (Å²) in [7, 11) is 1.57. The zero-order chi connectivity index (χ0) is 13.9. The van der Waals surface area contributed by atoms with Crippen LogP contribution in [0.25, 0.3) is 0 Å². The number of ether oxygens (including phenoxy) is 1. The number of hydrogen-bond donors (Lipinski definition) is 1. The van der Waals surface area contributed by atoms with Gasteiger partial charge in [-0.1, -0.05) is 0 Å². The number of hydrogen-bond acceptors (Lipinski definition) is 4. The molecule has 0 saturated carbocycles. The Hall–Kier alpha value is -1.88. The predicted octanol–water partition coefficient (Wildman–Crippen LogP) is 3.28. The molecule has 3 rings (SSSR count). The first kappa shape index (κ1) is 13.1. The van der Waals surface area contributed by atoms with Crippen molar-refractivity contribution in [3.63, 3.8) is 0 Å². The summed E-state index contributed by atoms with van der Waals surface area (Å²) in [5.74, 6) is 0.478. The van der Waals surface area contributed by atoms with Gasteiger partial charge < -0.3 is 10.1 Å². The van der Waals surface area contributed by atoms with Crippen LogP contribution in [0.1, 0.15) is 33.0 Å². The average molecular weight is 288 g/mol. The smallest absolute Gasteiger partial charge is 0.265 e. The first-order valence-corrected chi connectivity index (χ1v) is 7.51. The average Bonchev–Trinajstić information content (AvgIpc) is 2.92. The Morgan fingerprint density at radius 3 is 2.90 bits per heavy atom. The summed E-state index contributed by atoms with van der Waals surface area (Å²) in [6.45, 7) is 0. The molecule has 1 N–H and O–H groups in total. The molecule has 0 saturated heterocycles. The van der Waals surface area contributed by atoms with Crippen LogP contribution in [0.5, 0.6) is 5.88 Å². The number of methoxy groups -OCH3 is 1. The molecule has 1 amide bonds. The van der Waals surface area contributed by atoms with E-state index in [0.29, 0.717) is 11.6 Å². The van der Waals surface area contributed by atoms with E-state index in [1.165, 1.54) is 23.3 Å². The second-order valence-corrected chi connectivity index (χ2v) is 5.95. The fourth-order valence-corrected chi connectivity index (χ4v) is 3.52. The van der Waals surface area contributed by atoms with Gasteiger partial charge in [0.15, 0.2) is 0 Å². The lowest BCUT2D eigenvalue weighted by molar-refractivity contribution is 0.103. The van der Waals surface area contributed by atoms with Gasteiger partial charge in [0.2, 0.25) is 5.88 Å². The molecule has 0 aliphatic heterocycles. The van der Waals surface area contributed by atoms with Gasteiger partial charge in [0, 0.05) is 10.9 Å². The maximum absolute atomic E-state index is 12.2. The third-order valence-electron chi connectivity index (χ3n) is 3.42. The van der Waals surface area contributed by atoms with E-state index in [2.05, 4.69) is 10.3 Å². The van der Waals surface area contributed by atoms with Gasteiger partial charge in [-0.15, -0.1) is 11.3 Å². The van der Waals surface area contributed by atoms with Gasteiger partial charge in [0.05, 0.1) is 23.9 Å². The number of aromatic nitrogens is 1. The molecule has 0 unspecified atom stereocenters. The normalized spacial score (nSPS) is 13.7. The molecule has 0 aromatic carbocycles. The van der Waals surface area contributed by atoms with E-state index >= 15 is 0 Å². The Morgan fingerprint density at radius 2 is 2.20 bits per heavy atom. The van der Waals surface area contributed by atoms with E-state index in [0.717, 1.165) is 17.7 Å². The number of carbonyl (C=O) groups excluding carboxylic acids is 1. The number of nitrogens with one attached hydrogen (secondary N) is 1. The Balaban J connectivity index is 1.73. The molecule has 0 bridgehead atoms. The molecule has 2 heterocycles. The second-order valence-electron chi connectivity index (χ2n) is 4.81. The molecule has 5 heteroatoms. The van der Waals surface area contributed by atoms with Crippen molar-refractivity contribution in [3.05, 3.63) is 39.7 Å². The van der Waals surface area contributed by atoms with Crippen LogP contribution in [0.15, 0.2) is 24.4 Å². The van der Waals surface area contributed by atoms with Crippen molar-refractivity contribution < 1.29 is 9.53 Å². The lowest BCUT2D eigenvalue weighted by Crippen LogP contribution is -2.10. The molecule has 0 radical (unpaired) electrons. The standard InChI is InChI=1S/C15H16N2O2S/c1-19-14-7-6-11(9-16-14)17-15(18)13-8-10-4-2-3-5-12(10)20-13/h6-9H,2-5H2,1H3,(H,17,18). The molecule has 0 spiro atoms. The minimum Gasteiger partial charge on any atom is -0.481 e. The lowest BCUT2D eigenvalue weighted by Gasteiger charge is -2.08. The zero-order valence-electron chi connectivity index (χ0n) is 11.3. The molecule has 1 aliphatic rings. The number of carbonyl (C=O) groups is 1. The Bertz CT molecular complexity index is 596. The summed E-state index contributed by atoms with van der Waals surface area (Å²) in [6, 6.07) is 5.55. The number of pyridine rings is 1. The van der Waals surface area contributed by atoms with Crippen molar-refractivity contribution in [3.8, 4) is 5.88 Å². The van der Waals surface area contributed by atoms with Crippen LogP contribution in [0.2, 0.25) is 0 Å². The van der Waals surface area contributed by atoms with Gasteiger partial charge >= 0.3 is 0 Å². The Kier molecular flexibility index (Phi) is 3.69. The van der Waals surface area contributed by atoms with Gasteiger partial charge in [0.1, 0.15) is 0 Å². The highest BCUT2D eigenvalue weighted by Crippen LogP contribution is 2.30. The molecule has 2 aromatic rings. The molecule has 104 valence electrons. The van der Waals surface area contributed by atoms with Gasteiger partial charge in [-0.3, -0.25) is 4.79 Å². The maximum Gasteiger partial charge on any atom is 0.265 e. The Morgan fingerprint density at radius 1 is 1.35 bits per heavy atom. The number of nitrogens with zero attached hydrogens (tertiary/aromatic N) is 1. The van der Waals surface area contributed by atoms with E-state index in [9.17, 15) is 4.79 Å². The lowest BCUT2D eigenvalue weighted by atomic mass is 9.99. The number of thiophene rings is 1. The highest BCUT2D eigenvalue weighted by Gasteiger charge is 2.17. The molecule has 4 nitrogen and oxygen atoms in total. The van der Waals surface area contributed by atoms with Crippen molar-refractivity contribution >= 4 is 22.9 Å². The topological polar surface area (TPSA) is 51.2 Å². The zero-order valence-corrected chi connectivity index (χ0v) is 12.1. The highest BCUT2D eigenvalue weighted by molar-refractivity contribution is 7.14. The third kappa shape index (κ3) is 2.67. The maximum atomic E-state index is 12.2. The molecular formula is C15H16N2O2S. The third-order valence-corrected chi connectivity index (χ3v) is 4.66. The molecular weight excluding hydrogens is 272 g/mol. The number of anilines is 1. The first-order valence-electron chi connectivity index (χ1n) is 6.69. The van der Waals surface area contributed by atoms with Crippen LogP contribution in [0.3, 0.4) is 0 Å². The van der Waals surface area contributed by atoms with Gasteiger partial charge in [-0.2, -0.15) is 0 Å². The number of aryl methyl sites for hydroxylation is 2. The SMILES string of the molecule is COc1ccc(NC(=O)c2cc3c(s2)CCCC3)cn1. The minimum absolute atomic E-state index is 0.0589. The highest BCUT2D eigenvalue weighted by atomic mass is 32.1. The van der Waals surface area contributed by atoms with E-state index < -0.39 is 0 Å². The number of fused-ring (bicyclic) bond motifs is 1. The van der Waals surface area contributed by atoms with Crippen LogP contribution in [-0.4, -0.2) is 18.0 Å². The number of amides is 1. The van der Waals surface area contributed by atoms with Crippen molar-refractivity contribution in [2.45, 2.75) is 25.7 Å². The van der Waals surface area contributed by atoms with Crippen molar-refractivity contribution in [2.24, 2.45) is 0 Å². The Labute approximate surface area is 121 Å². The van der Waals surface area contributed by atoms with Crippen LogP contribution in [0.4, 0.5) is 5.69 Å². The van der Waals surface area contributed by atoms with Crippen LogP contribution in [0, 0.1) is 0 Å². The summed E-state index contributed by atoms with van der Waals surface area (Å²) in [4.78, 5) is 18.5. The van der Waals surface area contributed by atoms with Gasteiger partial charge in [-0.25, -0.2) is 4.98 Å². The number of rotatable bonds is 3. The van der Waals surface area contributed by atoms with Crippen LogP contribution < -0.4 is 10.1 Å². The summed E-state index contributed by atoms with van der Waals surface area (Å²) >= 11 is 1.61. The van der Waals surface area contributed by atoms with E-state index in [-0.39, 0.29) is 5.91 Å². The van der Waals surface area contributed by atoms with E-state index in [1.807, 2.05) is 6.07 Å². The van der Waals surface area contributed by atoms with Crippen molar-refractivity contribution in [2.75, 3.05) is 12.4 Å². The molecule has 1 aliphatic carbocycles.